The minimum Gasteiger partial charge on any atom is -0.378 e. The van der Waals surface area contributed by atoms with Crippen LogP contribution >= 0.6 is 0 Å². The molecule has 2 nitrogen and oxygen atoms in total. The molecular weight excluding hydrogens is 174 g/mol. The van der Waals surface area contributed by atoms with Crippen molar-refractivity contribution in [2.24, 2.45) is 5.73 Å². The molecule has 0 radical (unpaired) electrons. The smallest absolute Gasteiger partial charge is 0.124 e. The molecule has 1 aromatic rings. The highest BCUT2D eigenvalue weighted by Crippen LogP contribution is 2.06. The minimum atomic E-state index is -0.982. The Morgan fingerprint density at radius 1 is 1.36 bits per heavy atom. The maximum atomic E-state index is 9.72. The van der Waals surface area contributed by atoms with Gasteiger partial charge >= 0.3 is 0 Å². The molecule has 3 N–H and O–H groups in total. The molecule has 0 aliphatic carbocycles. The molecule has 2 heteroatoms. The summed E-state index contributed by atoms with van der Waals surface area (Å²) in [6.07, 6.45) is 0.493. The van der Waals surface area contributed by atoms with Crippen molar-refractivity contribution in [3.63, 3.8) is 0 Å². The zero-order valence-corrected chi connectivity index (χ0v) is 8.33. The van der Waals surface area contributed by atoms with Gasteiger partial charge in [-0.05, 0) is 32.0 Å². The van der Waals surface area contributed by atoms with E-state index in [-0.39, 0.29) is 0 Å². The molecule has 0 aliphatic heterocycles. The van der Waals surface area contributed by atoms with E-state index in [9.17, 15) is 5.11 Å². The van der Waals surface area contributed by atoms with Gasteiger partial charge < -0.3 is 10.8 Å². The normalized spacial score (nSPS) is 13.9. The van der Waals surface area contributed by atoms with Crippen molar-refractivity contribution in [2.75, 3.05) is 6.54 Å². The van der Waals surface area contributed by atoms with E-state index >= 15 is 0 Å². The highest BCUT2D eigenvalue weighted by Gasteiger charge is 2.14. The lowest BCUT2D eigenvalue weighted by molar-refractivity contribution is 0.115. The van der Waals surface area contributed by atoms with E-state index in [0.717, 1.165) is 5.56 Å². The van der Waals surface area contributed by atoms with Gasteiger partial charge in [0.25, 0.3) is 0 Å². The van der Waals surface area contributed by atoms with Gasteiger partial charge in [0.05, 0.1) is 0 Å². The standard InChI is InChI=1S/C12H15NO/c1-12(14,9-10-13)8-7-11-5-3-2-4-6-11/h2-6,14H,9-10,13H2,1H3. The topological polar surface area (TPSA) is 46.2 Å². The van der Waals surface area contributed by atoms with Crippen molar-refractivity contribution in [3.8, 4) is 11.8 Å². The number of hydrogen-bond acceptors (Lipinski definition) is 2. The zero-order chi connectivity index (χ0) is 10.4. The summed E-state index contributed by atoms with van der Waals surface area (Å²) in [5.74, 6) is 5.72. The van der Waals surface area contributed by atoms with Gasteiger partial charge in [0.1, 0.15) is 5.60 Å². The second-order valence-electron chi connectivity index (χ2n) is 3.43. The van der Waals surface area contributed by atoms with Crippen LogP contribution in [0.5, 0.6) is 0 Å². The number of benzene rings is 1. The summed E-state index contributed by atoms with van der Waals surface area (Å²) in [6.45, 7) is 2.12. The lowest BCUT2D eigenvalue weighted by Crippen LogP contribution is -2.25. The number of aliphatic hydroxyl groups is 1. The zero-order valence-electron chi connectivity index (χ0n) is 8.33. The quantitative estimate of drug-likeness (QED) is 0.685. The maximum absolute atomic E-state index is 9.72. The second-order valence-corrected chi connectivity index (χ2v) is 3.43. The van der Waals surface area contributed by atoms with Gasteiger partial charge in [0.15, 0.2) is 0 Å². The average Bonchev–Trinajstić information content (AvgIpc) is 2.17. The van der Waals surface area contributed by atoms with Gasteiger partial charge in [0.2, 0.25) is 0 Å². The third-order valence-electron chi connectivity index (χ3n) is 1.88. The summed E-state index contributed by atoms with van der Waals surface area (Å²) in [4.78, 5) is 0. The molecule has 0 aromatic heterocycles. The molecule has 1 atom stereocenters. The fourth-order valence-electron chi connectivity index (χ4n) is 1.07. The molecule has 0 bridgehead atoms. The van der Waals surface area contributed by atoms with Crippen LogP contribution in [0.2, 0.25) is 0 Å². The van der Waals surface area contributed by atoms with Crippen LogP contribution < -0.4 is 5.73 Å². The summed E-state index contributed by atoms with van der Waals surface area (Å²) >= 11 is 0. The van der Waals surface area contributed by atoms with Crippen LogP contribution in [0.25, 0.3) is 0 Å². The highest BCUT2D eigenvalue weighted by atomic mass is 16.3. The molecule has 0 amide bonds. The predicted molar refractivity (Wildman–Crippen MR) is 57.6 cm³/mol. The first-order valence-electron chi connectivity index (χ1n) is 4.65. The summed E-state index contributed by atoms with van der Waals surface area (Å²) in [6, 6.07) is 9.59. The van der Waals surface area contributed by atoms with E-state index in [0.29, 0.717) is 13.0 Å². The Kier molecular flexibility index (Phi) is 3.70. The highest BCUT2D eigenvalue weighted by molar-refractivity contribution is 5.35. The number of nitrogens with two attached hydrogens (primary N) is 1. The lowest BCUT2D eigenvalue weighted by atomic mass is 10.0. The second kappa shape index (κ2) is 4.80. The Bertz CT molecular complexity index is 332. The molecule has 0 heterocycles. The van der Waals surface area contributed by atoms with Crippen LogP contribution in [0.15, 0.2) is 30.3 Å². The van der Waals surface area contributed by atoms with Crippen molar-refractivity contribution in [2.45, 2.75) is 18.9 Å². The predicted octanol–water partition coefficient (Wildman–Crippen LogP) is 1.14. The minimum absolute atomic E-state index is 0.441. The average molecular weight is 189 g/mol. The first-order valence-corrected chi connectivity index (χ1v) is 4.65. The van der Waals surface area contributed by atoms with Crippen molar-refractivity contribution in [1.82, 2.24) is 0 Å². The van der Waals surface area contributed by atoms with E-state index in [4.69, 9.17) is 5.73 Å². The van der Waals surface area contributed by atoms with Crippen LogP contribution in [0, 0.1) is 11.8 Å². The molecule has 14 heavy (non-hydrogen) atoms. The van der Waals surface area contributed by atoms with E-state index in [1.165, 1.54) is 0 Å². The molecule has 0 saturated carbocycles. The summed E-state index contributed by atoms with van der Waals surface area (Å²) < 4.78 is 0. The molecule has 0 fully saturated rings. The summed E-state index contributed by atoms with van der Waals surface area (Å²) in [5.41, 5.74) is 5.28. The Morgan fingerprint density at radius 2 is 2.00 bits per heavy atom. The maximum Gasteiger partial charge on any atom is 0.124 e. The van der Waals surface area contributed by atoms with Crippen molar-refractivity contribution in [1.29, 1.82) is 0 Å². The summed E-state index contributed by atoms with van der Waals surface area (Å²) in [7, 11) is 0. The van der Waals surface area contributed by atoms with Gasteiger partial charge in [-0.1, -0.05) is 30.0 Å². The molecule has 1 rings (SSSR count). The molecule has 1 unspecified atom stereocenters. The summed E-state index contributed by atoms with van der Waals surface area (Å²) in [5, 5.41) is 9.72. The van der Waals surface area contributed by atoms with Crippen LogP contribution in [0.3, 0.4) is 0 Å². The number of hydrogen-bond donors (Lipinski definition) is 2. The van der Waals surface area contributed by atoms with Gasteiger partial charge in [-0.3, -0.25) is 0 Å². The Labute approximate surface area is 84.8 Å². The van der Waals surface area contributed by atoms with Crippen molar-refractivity contribution < 1.29 is 5.11 Å². The molecule has 74 valence electrons. The Morgan fingerprint density at radius 3 is 2.57 bits per heavy atom. The van der Waals surface area contributed by atoms with Gasteiger partial charge in [-0.25, -0.2) is 0 Å². The lowest BCUT2D eigenvalue weighted by Gasteiger charge is -2.13. The van der Waals surface area contributed by atoms with Crippen molar-refractivity contribution in [3.05, 3.63) is 35.9 Å². The van der Waals surface area contributed by atoms with E-state index in [1.807, 2.05) is 30.3 Å². The Balaban J connectivity index is 2.73. The third-order valence-corrected chi connectivity index (χ3v) is 1.88. The van der Waals surface area contributed by atoms with E-state index < -0.39 is 5.60 Å². The first kappa shape index (κ1) is 10.8. The fourth-order valence-corrected chi connectivity index (χ4v) is 1.07. The molecule has 1 aromatic carbocycles. The SMILES string of the molecule is CC(O)(C#Cc1ccccc1)CCN. The Hall–Kier alpha value is -1.30. The van der Waals surface area contributed by atoms with Gasteiger partial charge in [0, 0.05) is 5.56 Å². The van der Waals surface area contributed by atoms with Gasteiger partial charge in [-0.2, -0.15) is 0 Å². The van der Waals surface area contributed by atoms with E-state index in [2.05, 4.69) is 11.8 Å². The number of rotatable bonds is 2. The fraction of sp³-hybridized carbons (Fsp3) is 0.333. The monoisotopic (exact) mass is 189 g/mol. The third kappa shape index (κ3) is 3.61. The molecular formula is C12H15NO. The van der Waals surface area contributed by atoms with Crippen molar-refractivity contribution >= 4 is 0 Å². The first-order chi connectivity index (χ1) is 6.64. The molecule has 0 aliphatic rings. The van der Waals surface area contributed by atoms with E-state index in [1.54, 1.807) is 6.92 Å². The van der Waals surface area contributed by atoms with Crippen LogP contribution in [0.1, 0.15) is 18.9 Å². The van der Waals surface area contributed by atoms with Crippen LogP contribution in [-0.2, 0) is 0 Å². The van der Waals surface area contributed by atoms with Gasteiger partial charge in [-0.15, -0.1) is 0 Å². The molecule has 0 saturated heterocycles. The van der Waals surface area contributed by atoms with Crippen LogP contribution in [0.4, 0.5) is 0 Å². The molecule has 0 spiro atoms. The van der Waals surface area contributed by atoms with Crippen LogP contribution in [-0.4, -0.2) is 17.3 Å². The largest absolute Gasteiger partial charge is 0.378 e.